The minimum atomic E-state index is -0.514. The van der Waals surface area contributed by atoms with Gasteiger partial charge in [0.2, 0.25) is 5.89 Å². The van der Waals surface area contributed by atoms with Crippen LogP contribution in [0.25, 0.3) is 11.5 Å². The topological polar surface area (TPSA) is 116 Å². The number of nitrogens with zero attached hydrogens (tertiary/aromatic N) is 4. The molecule has 0 radical (unpaired) electrons. The van der Waals surface area contributed by atoms with Gasteiger partial charge in [0.15, 0.2) is 0 Å². The number of ether oxygens (including phenoxy) is 3. The molecule has 0 saturated carbocycles. The Bertz CT molecular complexity index is 1500. The molecule has 0 aliphatic heterocycles. The van der Waals surface area contributed by atoms with Crippen LogP contribution in [-0.2, 0) is 19.5 Å². The van der Waals surface area contributed by atoms with E-state index >= 15 is 0 Å². The molecule has 5 rings (SSSR count). The number of oxazole rings is 1. The molecule has 5 aromatic rings. The molecule has 10 heteroatoms. The number of hydrogen-bond acceptors (Lipinski definition) is 8. The average Bonchev–Trinajstić information content (AvgIpc) is 3.64. The van der Waals surface area contributed by atoms with Crippen LogP contribution in [0.15, 0.2) is 89.6 Å². The van der Waals surface area contributed by atoms with Crippen molar-refractivity contribution in [3.05, 3.63) is 108 Å². The van der Waals surface area contributed by atoms with E-state index in [0.29, 0.717) is 42.8 Å². The second-order valence-electron chi connectivity index (χ2n) is 8.96. The summed E-state index contributed by atoms with van der Waals surface area (Å²) in [5.74, 6) is 3.74. The summed E-state index contributed by atoms with van der Waals surface area (Å²) in [5, 5.41) is 6.66. The van der Waals surface area contributed by atoms with Crippen LogP contribution in [0.5, 0.6) is 17.2 Å². The highest BCUT2D eigenvalue weighted by Gasteiger charge is 2.19. The van der Waals surface area contributed by atoms with Gasteiger partial charge in [0.05, 0.1) is 26.0 Å². The fraction of sp³-hybridized carbons (Fsp3) is 0.200. The fourth-order valence-electron chi connectivity index (χ4n) is 4.02. The van der Waals surface area contributed by atoms with Gasteiger partial charge in [0, 0.05) is 18.5 Å². The minimum Gasteiger partial charge on any atom is -0.497 e. The van der Waals surface area contributed by atoms with Crippen molar-refractivity contribution in [2.75, 3.05) is 13.7 Å². The van der Waals surface area contributed by atoms with Crippen LogP contribution in [0, 0.1) is 6.92 Å². The number of aromatic amines is 1. The highest BCUT2D eigenvalue weighted by Crippen LogP contribution is 2.23. The summed E-state index contributed by atoms with van der Waals surface area (Å²) in [6, 6.07) is 24.2. The molecule has 0 unspecified atom stereocenters. The highest BCUT2D eigenvalue weighted by atomic mass is 16.6. The largest absolute Gasteiger partial charge is 0.497 e. The third kappa shape index (κ3) is 6.84. The SMILES string of the molecule is COc1ccc(OC(=O)N(Cc2ccc(OCCc3nc(-c4ccccc4)oc3C)cc2)Cc2ncn[nH]2)cc1. The first-order chi connectivity index (χ1) is 19.6. The van der Waals surface area contributed by atoms with Crippen molar-refractivity contribution in [3.8, 4) is 28.7 Å². The van der Waals surface area contributed by atoms with E-state index < -0.39 is 6.09 Å². The van der Waals surface area contributed by atoms with Gasteiger partial charge in [-0.3, -0.25) is 10.00 Å². The van der Waals surface area contributed by atoms with Crippen LogP contribution in [0.3, 0.4) is 0 Å². The number of carbonyl (C=O) groups excluding carboxylic acids is 1. The van der Waals surface area contributed by atoms with Gasteiger partial charge in [-0.1, -0.05) is 30.3 Å². The van der Waals surface area contributed by atoms with Crippen molar-refractivity contribution in [2.24, 2.45) is 0 Å². The number of rotatable bonds is 11. The van der Waals surface area contributed by atoms with Gasteiger partial charge < -0.3 is 18.6 Å². The van der Waals surface area contributed by atoms with Crippen molar-refractivity contribution in [1.82, 2.24) is 25.1 Å². The molecule has 10 nitrogen and oxygen atoms in total. The Kier molecular flexibility index (Phi) is 8.35. The molecular formula is C30H29N5O5. The molecule has 0 aliphatic carbocycles. The Hall–Kier alpha value is -5.12. The quantitative estimate of drug-likeness (QED) is 0.231. The molecule has 0 fully saturated rings. The lowest BCUT2D eigenvalue weighted by Gasteiger charge is -2.21. The van der Waals surface area contributed by atoms with Crippen LogP contribution in [0.2, 0.25) is 0 Å². The number of carbonyl (C=O) groups is 1. The molecule has 204 valence electrons. The van der Waals surface area contributed by atoms with Crippen LogP contribution >= 0.6 is 0 Å². The molecule has 0 spiro atoms. The Labute approximate surface area is 231 Å². The molecule has 1 N–H and O–H groups in total. The minimum absolute atomic E-state index is 0.204. The lowest BCUT2D eigenvalue weighted by molar-refractivity contribution is 0.145. The molecule has 0 bridgehead atoms. The first-order valence-corrected chi connectivity index (χ1v) is 12.8. The highest BCUT2D eigenvalue weighted by molar-refractivity contribution is 5.70. The third-order valence-corrected chi connectivity index (χ3v) is 6.15. The number of aryl methyl sites for hydroxylation is 1. The Morgan fingerprint density at radius 1 is 0.925 bits per heavy atom. The van der Waals surface area contributed by atoms with Crippen LogP contribution in [0.1, 0.15) is 22.8 Å². The maximum absolute atomic E-state index is 13.0. The second-order valence-corrected chi connectivity index (χ2v) is 8.96. The van der Waals surface area contributed by atoms with Crippen molar-refractivity contribution in [3.63, 3.8) is 0 Å². The Morgan fingerprint density at radius 3 is 2.35 bits per heavy atom. The van der Waals surface area contributed by atoms with Gasteiger partial charge in [0.25, 0.3) is 0 Å². The monoisotopic (exact) mass is 539 g/mol. The number of hydrogen-bond donors (Lipinski definition) is 1. The molecule has 1 amide bonds. The lowest BCUT2D eigenvalue weighted by atomic mass is 10.2. The normalized spacial score (nSPS) is 10.8. The lowest BCUT2D eigenvalue weighted by Crippen LogP contribution is -2.33. The van der Waals surface area contributed by atoms with Crippen LogP contribution < -0.4 is 14.2 Å². The Balaban J connectivity index is 1.18. The summed E-state index contributed by atoms with van der Waals surface area (Å²) in [5.41, 5.74) is 2.71. The van der Waals surface area contributed by atoms with Gasteiger partial charge >= 0.3 is 6.09 Å². The number of H-pyrrole nitrogens is 1. The summed E-state index contributed by atoms with van der Waals surface area (Å²) in [6.45, 7) is 2.87. The van der Waals surface area contributed by atoms with E-state index in [1.807, 2.05) is 61.5 Å². The summed E-state index contributed by atoms with van der Waals surface area (Å²) >= 11 is 0. The van der Waals surface area contributed by atoms with Crippen molar-refractivity contribution in [1.29, 1.82) is 0 Å². The number of nitrogens with one attached hydrogen (secondary N) is 1. The molecule has 2 heterocycles. The number of aromatic nitrogens is 4. The van der Waals surface area contributed by atoms with Gasteiger partial charge in [-0.05, 0) is 61.0 Å². The van der Waals surface area contributed by atoms with Gasteiger partial charge in [-0.15, -0.1) is 0 Å². The molecule has 0 atom stereocenters. The van der Waals surface area contributed by atoms with Crippen molar-refractivity contribution in [2.45, 2.75) is 26.4 Å². The second kappa shape index (κ2) is 12.6. The van der Waals surface area contributed by atoms with Crippen molar-refractivity contribution < 1.29 is 23.4 Å². The smallest absolute Gasteiger partial charge is 0.415 e. The van der Waals surface area contributed by atoms with Crippen LogP contribution in [0.4, 0.5) is 4.79 Å². The zero-order valence-electron chi connectivity index (χ0n) is 22.2. The van der Waals surface area contributed by atoms with E-state index in [4.69, 9.17) is 18.6 Å². The number of benzene rings is 3. The fourth-order valence-corrected chi connectivity index (χ4v) is 4.02. The summed E-state index contributed by atoms with van der Waals surface area (Å²) in [6.07, 6.45) is 1.50. The molecular weight excluding hydrogens is 510 g/mol. The molecule has 3 aromatic carbocycles. The zero-order valence-corrected chi connectivity index (χ0v) is 22.2. The van der Waals surface area contributed by atoms with E-state index in [1.54, 1.807) is 31.4 Å². The maximum atomic E-state index is 13.0. The van der Waals surface area contributed by atoms with Gasteiger partial charge in [-0.25, -0.2) is 14.8 Å². The predicted molar refractivity (Wildman–Crippen MR) is 147 cm³/mol. The standard InChI is InChI=1S/C30H29N5O5/c1-21-27(33-29(39-21)23-6-4-3-5-7-23)16-17-38-25-10-8-22(9-11-25)18-35(19-28-31-20-32-34-28)30(36)40-26-14-12-24(37-2)13-15-26/h3-15,20H,16-19H2,1-2H3,(H,31,32,34). The first-order valence-electron chi connectivity index (χ1n) is 12.8. The van der Waals surface area contributed by atoms with E-state index in [1.165, 1.54) is 11.2 Å². The molecule has 40 heavy (non-hydrogen) atoms. The average molecular weight is 540 g/mol. The predicted octanol–water partition coefficient (Wildman–Crippen LogP) is 5.60. The third-order valence-electron chi connectivity index (χ3n) is 6.15. The van der Waals surface area contributed by atoms with Crippen LogP contribution in [-0.4, -0.2) is 44.9 Å². The summed E-state index contributed by atoms with van der Waals surface area (Å²) < 4.78 is 22.5. The molecule has 0 aliphatic rings. The van der Waals surface area contributed by atoms with E-state index in [-0.39, 0.29) is 6.54 Å². The zero-order chi connectivity index (χ0) is 27.7. The van der Waals surface area contributed by atoms with Gasteiger partial charge in [0.1, 0.15) is 35.2 Å². The van der Waals surface area contributed by atoms with E-state index in [9.17, 15) is 4.79 Å². The maximum Gasteiger partial charge on any atom is 0.415 e. The van der Waals surface area contributed by atoms with E-state index in [2.05, 4.69) is 20.2 Å². The van der Waals surface area contributed by atoms with Crippen molar-refractivity contribution >= 4 is 6.09 Å². The first kappa shape index (κ1) is 26.5. The summed E-state index contributed by atoms with van der Waals surface area (Å²) in [4.78, 5) is 23.3. The Morgan fingerprint density at radius 2 is 1.65 bits per heavy atom. The molecule has 2 aromatic heterocycles. The molecule has 0 saturated heterocycles. The summed E-state index contributed by atoms with van der Waals surface area (Å²) in [7, 11) is 1.58. The number of amides is 1. The van der Waals surface area contributed by atoms with E-state index in [0.717, 1.165) is 28.3 Å². The van der Waals surface area contributed by atoms with Gasteiger partial charge in [-0.2, -0.15) is 5.10 Å². The number of methoxy groups -OCH3 is 1.